The summed E-state index contributed by atoms with van der Waals surface area (Å²) < 4.78 is 13.0. The summed E-state index contributed by atoms with van der Waals surface area (Å²) in [5, 5.41) is 9.64. The van der Waals surface area contributed by atoms with Crippen molar-refractivity contribution < 1.29 is 9.18 Å². The van der Waals surface area contributed by atoms with Gasteiger partial charge in [-0.25, -0.2) is 4.39 Å². The lowest BCUT2D eigenvalue weighted by atomic mass is 9.87. The molecular weight excluding hydrogens is 257 g/mol. The van der Waals surface area contributed by atoms with Crippen LogP contribution in [0.5, 0.6) is 0 Å². The maximum atomic E-state index is 13.0. The smallest absolute Gasteiger partial charge is 0.226 e. The third-order valence-electron chi connectivity index (χ3n) is 3.04. The SMILES string of the molecule is O=C1CC(c2ccc(F)cc2Cl)c2cn[nH]c2N1. The Morgan fingerprint density at radius 3 is 3.00 bits per heavy atom. The van der Waals surface area contributed by atoms with E-state index in [0.717, 1.165) is 11.1 Å². The summed E-state index contributed by atoms with van der Waals surface area (Å²) >= 11 is 6.04. The van der Waals surface area contributed by atoms with Gasteiger partial charge in [-0.3, -0.25) is 9.89 Å². The van der Waals surface area contributed by atoms with Crippen LogP contribution in [-0.2, 0) is 4.79 Å². The van der Waals surface area contributed by atoms with E-state index in [1.54, 1.807) is 12.3 Å². The summed E-state index contributed by atoms with van der Waals surface area (Å²) in [5.41, 5.74) is 1.60. The summed E-state index contributed by atoms with van der Waals surface area (Å²) in [7, 11) is 0. The fourth-order valence-electron chi connectivity index (χ4n) is 2.21. The van der Waals surface area contributed by atoms with E-state index in [0.29, 0.717) is 10.8 Å². The highest BCUT2D eigenvalue weighted by Gasteiger charge is 2.29. The van der Waals surface area contributed by atoms with E-state index in [-0.39, 0.29) is 18.2 Å². The Balaban J connectivity index is 2.10. The first-order chi connectivity index (χ1) is 8.65. The van der Waals surface area contributed by atoms with Crippen LogP contribution in [0, 0.1) is 5.82 Å². The Morgan fingerprint density at radius 2 is 2.22 bits per heavy atom. The predicted octanol–water partition coefficient (Wildman–Crippen LogP) is 2.68. The van der Waals surface area contributed by atoms with Crippen LogP contribution < -0.4 is 5.32 Å². The van der Waals surface area contributed by atoms with Crippen molar-refractivity contribution in [2.75, 3.05) is 5.32 Å². The van der Waals surface area contributed by atoms with Crippen LogP contribution in [0.1, 0.15) is 23.5 Å². The molecule has 1 amide bonds. The van der Waals surface area contributed by atoms with Crippen molar-refractivity contribution >= 4 is 23.3 Å². The van der Waals surface area contributed by atoms with E-state index in [1.807, 2.05) is 0 Å². The number of hydrogen-bond acceptors (Lipinski definition) is 2. The van der Waals surface area contributed by atoms with Gasteiger partial charge in [0.2, 0.25) is 5.91 Å². The maximum Gasteiger partial charge on any atom is 0.226 e. The molecule has 1 aromatic carbocycles. The number of H-pyrrole nitrogens is 1. The second-order valence-electron chi connectivity index (χ2n) is 4.17. The van der Waals surface area contributed by atoms with Gasteiger partial charge in [0.05, 0.1) is 6.20 Å². The van der Waals surface area contributed by atoms with Crippen molar-refractivity contribution in [1.82, 2.24) is 10.2 Å². The molecule has 4 nitrogen and oxygen atoms in total. The van der Waals surface area contributed by atoms with Crippen LogP contribution in [-0.4, -0.2) is 16.1 Å². The molecule has 0 bridgehead atoms. The van der Waals surface area contributed by atoms with Crippen LogP contribution in [0.15, 0.2) is 24.4 Å². The van der Waals surface area contributed by atoms with Crippen LogP contribution in [0.4, 0.5) is 10.2 Å². The Hall–Kier alpha value is -1.88. The number of rotatable bonds is 1. The maximum absolute atomic E-state index is 13.0. The van der Waals surface area contributed by atoms with Crippen molar-refractivity contribution in [3.8, 4) is 0 Å². The summed E-state index contributed by atoms with van der Waals surface area (Å²) in [6.45, 7) is 0. The first-order valence-corrected chi connectivity index (χ1v) is 5.81. The van der Waals surface area contributed by atoms with E-state index in [4.69, 9.17) is 11.6 Å². The van der Waals surface area contributed by atoms with Gasteiger partial charge < -0.3 is 5.32 Å². The van der Waals surface area contributed by atoms with E-state index < -0.39 is 5.82 Å². The molecule has 1 aromatic heterocycles. The number of nitrogens with zero attached hydrogens (tertiary/aromatic N) is 1. The molecule has 0 radical (unpaired) electrons. The van der Waals surface area contributed by atoms with Gasteiger partial charge in [-0.2, -0.15) is 5.10 Å². The normalized spacial score (nSPS) is 18.3. The van der Waals surface area contributed by atoms with E-state index in [9.17, 15) is 9.18 Å². The molecule has 0 spiro atoms. The van der Waals surface area contributed by atoms with Crippen molar-refractivity contribution in [3.05, 3.63) is 46.4 Å². The molecule has 0 saturated carbocycles. The number of halogens is 2. The van der Waals surface area contributed by atoms with Gasteiger partial charge >= 0.3 is 0 Å². The number of fused-ring (bicyclic) bond motifs is 1. The molecule has 6 heteroatoms. The number of benzene rings is 1. The lowest BCUT2D eigenvalue weighted by Gasteiger charge is -2.23. The van der Waals surface area contributed by atoms with Crippen molar-refractivity contribution in [3.63, 3.8) is 0 Å². The third-order valence-corrected chi connectivity index (χ3v) is 3.36. The molecule has 18 heavy (non-hydrogen) atoms. The number of nitrogens with one attached hydrogen (secondary N) is 2. The number of aromatic nitrogens is 2. The molecule has 1 aliphatic rings. The lowest BCUT2D eigenvalue weighted by Crippen LogP contribution is -2.23. The molecule has 0 aliphatic carbocycles. The van der Waals surface area contributed by atoms with Crippen LogP contribution in [0.25, 0.3) is 0 Å². The average Bonchev–Trinajstić information content (AvgIpc) is 2.76. The monoisotopic (exact) mass is 265 g/mol. The molecule has 0 saturated heterocycles. The van der Waals surface area contributed by atoms with Crippen molar-refractivity contribution in [2.45, 2.75) is 12.3 Å². The zero-order valence-electron chi connectivity index (χ0n) is 9.21. The van der Waals surface area contributed by atoms with Crippen molar-refractivity contribution in [1.29, 1.82) is 0 Å². The molecule has 2 heterocycles. The minimum Gasteiger partial charge on any atom is -0.311 e. The molecular formula is C12H9ClFN3O. The summed E-state index contributed by atoms with van der Waals surface area (Å²) in [4.78, 5) is 11.6. The summed E-state index contributed by atoms with van der Waals surface area (Å²) in [6.07, 6.45) is 1.93. The van der Waals surface area contributed by atoms with Crippen LogP contribution in [0.2, 0.25) is 5.02 Å². The molecule has 2 aromatic rings. The minimum absolute atomic E-state index is 0.114. The summed E-state index contributed by atoms with van der Waals surface area (Å²) in [6, 6.07) is 4.20. The quantitative estimate of drug-likeness (QED) is 0.833. The van der Waals surface area contributed by atoms with Crippen LogP contribution >= 0.6 is 11.6 Å². The van der Waals surface area contributed by atoms with Gasteiger partial charge in [0.1, 0.15) is 11.6 Å². The predicted molar refractivity (Wildman–Crippen MR) is 65.1 cm³/mol. The van der Waals surface area contributed by atoms with E-state index in [2.05, 4.69) is 15.5 Å². The van der Waals surface area contributed by atoms with Gasteiger partial charge in [0.15, 0.2) is 0 Å². The molecule has 1 aliphatic heterocycles. The Kier molecular flexibility index (Phi) is 2.56. The van der Waals surface area contributed by atoms with E-state index >= 15 is 0 Å². The topological polar surface area (TPSA) is 57.8 Å². The number of aromatic amines is 1. The number of anilines is 1. The minimum atomic E-state index is -0.392. The summed E-state index contributed by atoms with van der Waals surface area (Å²) in [5.74, 6) is -0.120. The van der Waals surface area contributed by atoms with Gasteiger partial charge in [-0.1, -0.05) is 17.7 Å². The molecule has 3 rings (SSSR count). The number of amides is 1. The third kappa shape index (κ3) is 1.76. The van der Waals surface area contributed by atoms with Crippen LogP contribution in [0.3, 0.4) is 0 Å². The second-order valence-corrected chi connectivity index (χ2v) is 4.58. The highest BCUT2D eigenvalue weighted by atomic mass is 35.5. The van der Waals surface area contributed by atoms with Crippen molar-refractivity contribution in [2.24, 2.45) is 0 Å². The Bertz CT molecular complexity index is 626. The van der Waals surface area contributed by atoms with Gasteiger partial charge in [-0.15, -0.1) is 0 Å². The van der Waals surface area contributed by atoms with Gasteiger partial charge in [0.25, 0.3) is 0 Å². The fourth-order valence-corrected chi connectivity index (χ4v) is 2.51. The standard InChI is InChI=1S/C12H9ClFN3O/c13-10-3-6(14)1-2-7(10)8-4-11(18)16-12-9(8)5-15-17-12/h1-3,5,8H,4H2,(H2,15,16,17,18). The number of hydrogen-bond donors (Lipinski definition) is 2. The molecule has 0 fully saturated rings. The highest BCUT2D eigenvalue weighted by molar-refractivity contribution is 6.31. The number of carbonyl (C=O) groups is 1. The zero-order valence-corrected chi connectivity index (χ0v) is 9.96. The highest BCUT2D eigenvalue weighted by Crippen LogP contribution is 2.38. The fraction of sp³-hybridized carbons (Fsp3) is 0.167. The Morgan fingerprint density at radius 1 is 1.39 bits per heavy atom. The second kappa shape index (κ2) is 4.10. The molecule has 2 N–H and O–H groups in total. The number of carbonyl (C=O) groups excluding carboxylic acids is 1. The van der Waals surface area contributed by atoms with E-state index in [1.165, 1.54) is 12.1 Å². The first kappa shape index (κ1) is 11.2. The molecule has 92 valence electrons. The van der Waals surface area contributed by atoms with Gasteiger partial charge in [0, 0.05) is 22.9 Å². The zero-order chi connectivity index (χ0) is 12.7. The first-order valence-electron chi connectivity index (χ1n) is 5.43. The molecule has 1 unspecified atom stereocenters. The largest absolute Gasteiger partial charge is 0.311 e. The Labute approximate surface area is 107 Å². The van der Waals surface area contributed by atoms with Gasteiger partial charge in [-0.05, 0) is 17.7 Å². The molecule has 1 atom stereocenters. The average molecular weight is 266 g/mol. The lowest BCUT2D eigenvalue weighted by molar-refractivity contribution is -0.116.